The molecule has 0 aliphatic rings. The van der Waals surface area contributed by atoms with Gasteiger partial charge in [-0.3, -0.25) is 0 Å². The maximum Gasteiger partial charge on any atom is 0.157 e. The summed E-state index contributed by atoms with van der Waals surface area (Å²) in [6.45, 7) is 1.92. The van der Waals surface area contributed by atoms with E-state index in [0.29, 0.717) is 5.56 Å². The molecule has 0 unspecified atom stereocenters. The molecule has 0 atom stereocenters. The minimum absolute atomic E-state index is 0.331. The summed E-state index contributed by atoms with van der Waals surface area (Å²) in [5.74, 6) is -1.43. The van der Waals surface area contributed by atoms with Gasteiger partial charge in [0, 0.05) is 19.8 Å². The second kappa shape index (κ2) is 4.14. The molecular weight excluding hydrogens is 296 g/mol. The van der Waals surface area contributed by atoms with Gasteiger partial charge < -0.3 is 5.73 Å². The number of nitrogen functional groups attached to an aromatic ring is 1. The summed E-state index contributed by atoms with van der Waals surface area (Å²) >= 11 is 4.78. The molecule has 0 amide bonds. The minimum atomic E-state index is -0.728. The summed E-state index contributed by atoms with van der Waals surface area (Å²) in [4.78, 5) is 1.77. The molecule has 1 heterocycles. The first-order chi connectivity index (χ1) is 7.50. The van der Waals surface area contributed by atoms with Crippen molar-refractivity contribution in [3.05, 3.63) is 39.2 Å². The number of aryl methyl sites for hydroxylation is 1. The standard InChI is InChI=1S/C11H8BrF2NS/c1-5-7(12)4-9(16-5)6-2-3-8(13)11(15)10(6)14/h2-4H,15H2,1H3. The van der Waals surface area contributed by atoms with Gasteiger partial charge in [-0.15, -0.1) is 11.3 Å². The Kier molecular flexibility index (Phi) is 2.99. The molecule has 0 saturated heterocycles. The van der Waals surface area contributed by atoms with Crippen molar-refractivity contribution in [3.63, 3.8) is 0 Å². The van der Waals surface area contributed by atoms with Crippen molar-refractivity contribution in [1.29, 1.82) is 0 Å². The van der Waals surface area contributed by atoms with Crippen LogP contribution in [-0.4, -0.2) is 0 Å². The van der Waals surface area contributed by atoms with E-state index in [1.807, 2.05) is 6.92 Å². The average molecular weight is 304 g/mol. The highest BCUT2D eigenvalue weighted by Crippen LogP contribution is 2.36. The SMILES string of the molecule is Cc1sc(-c2ccc(F)c(N)c2F)cc1Br. The van der Waals surface area contributed by atoms with Gasteiger partial charge in [-0.1, -0.05) is 0 Å². The molecule has 1 nitrogen and oxygen atoms in total. The maximum absolute atomic E-state index is 13.7. The molecule has 84 valence electrons. The number of hydrogen-bond acceptors (Lipinski definition) is 2. The van der Waals surface area contributed by atoms with Crippen LogP contribution in [0.15, 0.2) is 22.7 Å². The molecule has 0 spiro atoms. The zero-order valence-corrected chi connectivity index (χ0v) is 10.8. The highest BCUT2D eigenvalue weighted by Gasteiger charge is 2.14. The molecule has 2 rings (SSSR count). The molecule has 2 N–H and O–H groups in total. The van der Waals surface area contributed by atoms with Crippen molar-refractivity contribution in [2.45, 2.75) is 6.92 Å². The Morgan fingerprint density at radius 3 is 2.56 bits per heavy atom. The van der Waals surface area contributed by atoms with Crippen LogP contribution < -0.4 is 5.73 Å². The smallest absolute Gasteiger partial charge is 0.157 e. The number of thiophene rings is 1. The summed E-state index contributed by atoms with van der Waals surface area (Å²) < 4.78 is 27.6. The lowest BCUT2D eigenvalue weighted by Gasteiger charge is -2.03. The summed E-state index contributed by atoms with van der Waals surface area (Å²) in [6, 6.07) is 4.38. The third-order valence-corrected chi connectivity index (χ3v) is 4.42. The van der Waals surface area contributed by atoms with Crippen LogP contribution in [0.25, 0.3) is 10.4 Å². The van der Waals surface area contributed by atoms with Gasteiger partial charge in [-0.05, 0) is 41.1 Å². The number of nitrogens with two attached hydrogens (primary N) is 1. The van der Waals surface area contributed by atoms with Crippen LogP contribution >= 0.6 is 27.3 Å². The van der Waals surface area contributed by atoms with Crippen LogP contribution in [0.5, 0.6) is 0 Å². The lowest BCUT2D eigenvalue weighted by Crippen LogP contribution is -1.96. The lowest BCUT2D eigenvalue weighted by atomic mass is 10.1. The Morgan fingerprint density at radius 1 is 1.31 bits per heavy atom. The van der Waals surface area contributed by atoms with Crippen molar-refractivity contribution in [2.75, 3.05) is 5.73 Å². The highest BCUT2D eigenvalue weighted by molar-refractivity contribution is 9.10. The first-order valence-electron chi connectivity index (χ1n) is 4.50. The third kappa shape index (κ3) is 1.85. The van der Waals surface area contributed by atoms with Crippen LogP contribution in [0.3, 0.4) is 0 Å². The van der Waals surface area contributed by atoms with E-state index in [0.717, 1.165) is 14.2 Å². The zero-order valence-electron chi connectivity index (χ0n) is 8.35. The van der Waals surface area contributed by atoms with E-state index >= 15 is 0 Å². The van der Waals surface area contributed by atoms with E-state index < -0.39 is 17.3 Å². The van der Waals surface area contributed by atoms with Gasteiger partial charge in [0.15, 0.2) is 5.82 Å². The molecule has 0 aliphatic carbocycles. The molecule has 1 aromatic carbocycles. The Hall–Kier alpha value is -0.940. The fraction of sp³-hybridized carbons (Fsp3) is 0.0909. The predicted molar refractivity (Wildman–Crippen MR) is 66.5 cm³/mol. The van der Waals surface area contributed by atoms with Gasteiger partial charge in [0.2, 0.25) is 0 Å². The number of halogens is 3. The first-order valence-corrected chi connectivity index (χ1v) is 6.11. The minimum Gasteiger partial charge on any atom is -0.394 e. The number of anilines is 1. The Bertz CT molecular complexity index is 532. The van der Waals surface area contributed by atoms with Gasteiger partial charge in [-0.25, -0.2) is 8.78 Å². The van der Waals surface area contributed by atoms with Crippen molar-refractivity contribution in [1.82, 2.24) is 0 Å². The Labute approximate surface area is 104 Å². The first kappa shape index (κ1) is 11.5. The lowest BCUT2D eigenvalue weighted by molar-refractivity contribution is 0.594. The summed E-state index contributed by atoms with van der Waals surface area (Å²) in [7, 11) is 0. The number of hydrogen-bond donors (Lipinski definition) is 1. The van der Waals surface area contributed by atoms with Gasteiger partial charge in [0.1, 0.15) is 11.5 Å². The van der Waals surface area contributed by atoms with Crippen LogP contribution in [0.4, 0.5) is 14.5 Å². The van der Waals surface area contributed by atoms with E-state index in [-0.39, 0.29) is 0 Å². The molecule has 0 radical (unpaired) electrons. The molecular formula is C11H8BrF2NS. The maximum atomic E-state index is 13.7. The molecule has 2 aromatic rings. The van der Waals surface area contributed by atoms with Crippen molar-refractivity contribution < 1.29 is 8.78 Å². The van der Waals surface area contributed by atoms with Crippen LogP contribution in [-0.2, 0) is 0 Å². The second-order valence-corrected chi connectivity index (χ2v) is 5.45. The summed E-state index contributed by atoms with van der Waals surface area (Å²) in [5.41, 5.74) is 5.21. The third-order valence-electron chi connectivity index (χ3n) is 2.25. The molecule has 16 heavy (non-hydrogen) atoms. The molecule has 5 heteroatoms. The molecule has 1 aromatic heterocycles. The summed E-state index contributed by atoms with van der Waals surface area (Å²) in [5, 5.41) is 0. The monoisotopic (exact) mass is 303 g/mol. The van der Waals surface area contributed by atoms with E-state index in [1.165, 1.54) is 23.5 Å². The van der Waals surface area contributed by atoms with Crippen LogP contribution in [0.2, 0.25) is 0 Å². The molecule has 0 bridgehead atoms. The largest absolute Gasteiger partial charge is 0.394 e. The highest BCUT2D eigenvalue weighted by atomic mass is 79.9. The molecule has 0 fully saturated rings. The van der Waals surface area contributed by atoms with Crippen molar-refractivity contribution in [2.24, 2.45) is 0 Å². The quantitative estimate of drug-likeness (QED) is 0.779. The fourth-order valence-corrected chi connectivity index (χ4v) is 2.91. The van der Waals surface area contributed by atoms with E-state index in [9.17, 15) is 8.78 Å². The normalized spacial score (nSPS) is 10.8. The topological polar surface area (TPSA) is 26.0 Å². The second-order valence-electron chi connectivity index (χ2n) is 3.34. The van der Waals surface area contributed by atoms with Crippen molar-refractivity contribution >= 4 is 33.0 Å². The number of benzene rings is 1. The van der Waals surface area contributed by atoms with E-state index in [4.69, 9.17) is 5.73 Å². The Balaban J connectivity index is 2.61. The average Bonchev–Trinajstić information content (AvgIpc) is 2.56. The van der Waals surface area contributed by atoms with Gasteiger partial charge in [-0.2, -0.15) is 0 Å². The molecule has 0 saturated carbocycles. The van der Waals surface area contributed by atoms with Gasteiger partial charge in [0.05, 0.1) is 0 Å². The van der Waals surface area contributed by atoms with Crippen molar-refractivity contribution in [3.8, 4) is 10.4 Å². The van der Waals surface area contributed by atoms with Crippen LogP contribution in [0, 0.1) is 18.6 Å². The zero-order chi connectivity index (χ0) is 11.9. The Morgan fingerprint density at radius 2 is 2.00 bits per heavy atom. The molecule has 0 aliphatic heterocycles. The van der Waals surface area contributed by atoms with Gasteiger partial charge >= 0.3 is 0 Å². The predicted octanol–water partition coefficient (Wildman–Crippen LogP) is 4.35. The number of rotatable bonds is 1. The van der Waals surface area contributed by atoms with Gasteiger partial charge in [0.25, 0.3) is 0 Å². The fourth-order valence-electron chi connectivity index (χ4n) is 1.35. The van der Waals surface area contributed by atoms with E-state index in [2.05, 4.69) is 15.9 Å². The van der Waals surface area contributed by atoms with Crippen LogP contribution in [0.1, 0.15) is 4.88 Å². The van der Waals surface area contributed by atoms with E-state index in [1.54, 1.807) is 6.07 Å². The summed E-state index contributed by atoms with van der Waals surface area (Å²) in [6.07, 6.45) is 0.